The Bertz CT molecular complexity index is 145. The van der Waals surface area contributed by atoms with Crippen LogP contribution in [0.1, 0.15) is 32.6 Å². The Morgan fingerprint density at radius 1 is 1.10 bits per heavy atom. The third-order valence-corrected chi connectivity index (χ3v) is 2.25. The third kappa shape index (κ3) is 1.53. The first kappa shape index (κ1) is 7.64. The van der Waals surface area contributed by atoms with Crippen LogP contribution >= 0.6 is 0 Å². The molecule has 0 unspecified atom stereocenters. The first-order valence-electron chi connectivity index (χ1n) is 4.08. The summed E-state index contributed by atoms with van der Waals surface area (Å²) >= 11 is 0. The van der Waals surface area contributed by atoms with E-state index in [2.05, 4.69) is 25.9 Å². The Kier molecular flexibility index (Phi) is 2.36. The predicted octanol–water partition coefficient (Wildman–Crippen LogP) is 2.40. The largest absolute Gasteiger partial charge is 0.381 e. The van der Waals surface area contributed by atoms with Gasteiger partial charge in [-0.1, -0.05) is 5.57 Å². The van der Waals surface area contributed by atoms with Crippen molar-refractivity contribution in [1.29, 1.82) is 0 Å². The SMILES string of the molecule is CC1=C(N(C)C)CCCC1. The Balaban J connectivity index is 2.68. The zero-order chi connectivity index (χ0) is 7.56. The van der Waals surface area contributed by atoms with Crippen LogP contribution in [0.4, 0.5) is 0 Å². The molecule has 0 atom stereocenters. The highest BCUT2D eigenvalue weighted by molar-refractivity contribution is 5.12. The minimum atomic E-state index is 1.29. The minimum absolute atomic E-state index is 1.29. The molecule has 1 rings (SSSR count). The summed E-state index contributed by atoms with van der Waals surface area (Å²) in [5.41, 5.74) is 3.16. The second-order valence-electron chi connectivity index (χ2n) is 3.33. The van der Waals surface area contributed by atoms with Crippen LogP contribution in [0.5, 0.6) is 0 Å². The van der Waals surface area contributed by atoms with Crippen LogP contribution in [0, 0.1) is 0 Å². The van der Waals surface area contributed by atoms with Gasteiger partial charge in [0.15, 0.2) is 0 Å². The summed E-state index contributed by atoms with van der Waals surface area (Å²) in [5.74, 6) is 0. The van der Waals surface area contributed by atoms with Crippen molar-refractivity contribution in [3.8, 4) is 0 Å². The molecule has 1 aliphatic rings. The Labute approximate surface area is 63.7 Å². The fourth-order valence-corrected chi connectivity index (χ4v) is 1.65. The molecule has 0 aromatic carbocycles. The van der Waals surface area contributed by atoms with Gasteiger partial charge in [0.1, 0.15) is 0 Å². The molecular formula is C9H17N. The smallest absolute Gasteiger partial charge is 0.0116 e. The van der Waals surface area contributed by atoms with Crippen molar-refractivity contribution >= 4 is 0 Å². The normalized spacial score (nSPS) is 19.5. The molecule has 0 N–H and O–H groups in total. The maximum atomic E-state index is 2.26. The summed E-state index contributed by atoms with van der Waals surface area (Å²) in [7, 11) is 4.29. The van der Waals surface area contributed by atoms with E-state index in [1.165, 1.54) is 25.7 Å². The summed E-state index contributed by atoms with van der Waals surface area (Å²) in [5, 5.41) is 0. The number of hydrogen-bond acceptors (Lipinski definition) is 1. The van der Waals surface area contributed by atoms with Crippen molar-refractivity contribution < 1.29 is 0 Å². The topological polar surface area (TPSA) is 3.24 Å². The highest BCUT2D eigenvalue weighted by Crippen LogP contribution is 2.24. The first-order chi connectivity index (χ1) is 4.72. The molecular weight excluding hydrogens is 122 g/mol. The lowest BCUT2D eigenvalue weighted by Crippen LogP contribution is -2.15. The molecule has 0 aromatic heterocycles. The molecule has 0 aliphatic heterocycles. The molecule has 1 heteroatoms. The van der Waals surface area contributed by atoms with E-state index >= 15 is 0 Å². The first-order valence-corrected chi connectivity index (χ1v) is 4.08. The zero-order valence-electron chi connectivity index (χ0n) is 7.28. The quantitative estimate of drug-likeness (QED) is 0.539. The average Bonchev–Trinajstić information content (AvgIpc) is 1.88. The summed E-state index contributed by atoms with van der Waals surface area (Å²) in [6, 6.07) is 0. The van der Waals surface area contributed by atoms with Gasteiger partial charge in [-0.25, -0.2) is 0 Å². The van der Waals surface area contributed by atoms with Gasteiger partial charge in [-0.3, -0.25) is 0 Å². The van der Waals surface area contributed by atoms with Crippen LogP contribution in [0.25, 0.3) is 0 Å². The van der Waals surface area contributed by atoms with E-state index < -0.39 is 0 Å². The van der Waals surface area contributed by atoms with Crippen molar-refractivity contribution in [2.45, 2.75) is 32.6 Å². The van der Waals surface area contributed by atoms with Gasteiger partial charge in [0.05, 0.1) is 0 Å². The Hall–Kier alpha value is -0.460. The standard InChI is InChI=1S/C9H17N/c1-8-6-4-5-7-9(8)10(2)3/h4-7H2,1-3H3. The third-order valence-electron chi connectivity index (χ3n) is 2.25. The molecule has 0 radical (unpaired) electrons. The van der Waals surface area contributed by atoms with E-state index in [0.717, 1.165) is 0 Å². The van der Waals surface area contributed by atoms with Gasteiger partial charge in [-0.2, -0.15) is 0 Å². The molecule has 1 aliphatic carbocycles. The lowest BCUT2D eigenvalue weighted by atomic mass is 9.97. The second-order valence-corrected chi connectivity index (χ2v) is 3.33. The van der Waals surface area contributed by atoms with Crippen LogP contribution in [0.15, 0.2) is 11.3 Å². The fraction of sp³-hybridized carbons (Fsp3) is 0.778. The van der Waals surface area contributed by atoms with E-state index in [4.69, 9.17) is 0 Å². The maximum absolute atomic E-state index is 2.26. The molecule has 0 fully saturated rings. The molecule has 0 amide bonds. The predicted molar refractivity (Wildman–Crippen MR) is 44.9 cm³/mol. The van der Waals surface area contributed by atoms with Crippen molar-refractivity contribution in [2.75, 3.05) is 14.1 Å². The van der Waals surface area contributed by atoms with Crippen LogP contribution < -0.4 is 0 Å². The van der Waals surface area contributed by atoms with Gasteiger partial charge >= 0.3 is 0 Å². The Morgan fingerprint density at radius 3 is 2.10 bits per heavy atom. The van der Waals surface area contributed by atoms with Gasteiger partial charge in [0.25, 0.3) is 0 Å². The molecule has 0 aromatic rings. The van der Waals surface area contributed by atoms with E-state index in [0.29, 0.717) is 0 Å². The van der Waals surface area contributed by atoms with Crippen LogP contribution in [-0.2, 0) is 0 Å². The number of hydrogen-bond donors (Lipinski definition) is 0. The lowest BCUT2D eigenvalue weighted by Gasteiger charge is -2.24. The highest BCUT2D eigenvalue weighted by atomic mass is 15.1. The maximum Gasteiger partial charge on any atom is 0.0116 e. The van der Waals surface area contributed by atoms with Gasteiger partial charge in [-0.15, -0.1) is 0 Å². The summed E-state index contributed by atoms with van der Waals surface area (Å²) in [4.78, 5) is 2.26. The second kappa shape index (κ2) is 3.09. The van der Waals surface area contributed by atoms with E-state index in [1.54, 1.807) is 11.3 Å². The minimum Gasteiger partial charge on any atom is -0.381 e. The van der Waals surface area contributed by atoms with Crippen LogP contribution in [0.3, 0.4) is 0 Å². The van der Waals surface area contributed by atoms with Crippen molar-refractivity contribution in [3.05, 3.63) is 11.3 Å². The zero-order valence-corrected chi connectivity index (χ0v) is 7.28. The van der Waals surface area contributed by atoms with Crippen molar-refractivity contribution in [2.24, 2.45) is 0 Å². The lowest BCUT2D eigenvalue weighted by molar-refractivity contribution is 0.449. The number of nitrogens with zero attached hydrogens (tertiary/aromatic N) is 1. The van der Waals surface area contributed by atoms with Gasteiger partial charge in [0, 0.05) is 19.8 Å². The van der Waals surface area contributed by atoms with Crippen LogP contribution in [-0.4, -0.2) is 19.0 Å². The molecule has 1 nitrogen and oxygen atoms in total. The summed E-state index contributed by atoms with van der Waals surface area (Å²) in [6.45, 7) is 2.26. The molecule has 0 saturated heterocycles. The molecule has 58 valence electrons. The van der Waals surface area contributed by atoms with E-state index in [9.17, 15) is 0 Å². The molecule has 0 spiro atoms. The Morgan fingerprint density at radius 2 is 1.70 bits per heavy atom. The van der Waals surface area contributed by atoms with Gasteiger partial charge < -0.3 is 4.90 Å². The molecule has 0 saturated carbocycles. The fourth-order valence-electron chi connectivity index (χ4n) is 1.65. The van der Waals surface area contributed by atoms with E-state index in [-0.39, 0.29) is 0 Å². The molecule has 0 heterocycles. The van der Waals surface area contributed by atoms with E-state index in [1.807, 2.05) is 0 Å². The number of allylic oxidation sites excluding steroid dienone is 2. The molecule has 10 heavy (non-hydrogen) atoms. The van der Waals surface area contributed by atoms with Gasteiger partial charge in [-0.05, 0) is 32.6 Å². The van der Waals surface area contributed by atoms with Crippen molar-refractivity contribution in [3.63, 3.8) is 0 Å². The monoisotopic (exact) mass is 139 g/mol. The number of rotatable bonds is 1. The summed E-state index contributed by atoms with van der Waals surface area (Å²) in [6.07, 6.45) is 5.38. The van der Waals surface area contributed by atoms with Gasteiger partial charge in [0.2, 0.25) is 0 Å². The van der Waals surface area contributed by atoms with Crippen molar-refractivity contribution in [1.82, 2.24) is 4.90 Å². The average molecular weight is 139 g/mol. The molecule has 0 bridgehead atoms. The van der Waals surface area contributed by atoms with Crippen LogP contribution in [0.2, 0.25) is 0 Å². The highest BCUT2D eigenvalue weighted by Gasteiger charge is 2.09. The summed E-state index contributed by atoms with van der Waals surface area (Å²) < 4.78 is 0.